The first-order valence-corrected chi connectivity index (χ1v) is 11.5. The number of aromatic nitrogens is 1. The van der Waals surface area contributed by atoms with E-state index in [2.05, 4.69) is 6.07 Å². The van der Waals surface area contributed by atoms with Crippen LogP contribution >= 0.6 is 23.1 Å². The van der Waals surface area contributed by atoms with E-state index in [-0.39, 0.29) is 11.7 Å². The van der Waals surface area contributed by atoms with Crippen molar-refractivity contribution in [2.24, 2.45) is 0 Å². The molecule has 30 heavy (non-hydrogen) atoms. The van der Waals surface area contributed by atoms with E-state index in [1.807, 2.05) is 61.7 Å². The maximum Gasteiger partial charge on any atom is 0.232 e. The molecule has 0 N–H and O–H groups in total. The quantitative estimate of drug-likeness (QED) is 0.446. The number of hydrogen-bond acceptors (Lipinski definition) is 6. The summed E-state index contributed by atoms with van der Waals surface area (Å²) in [5.41, 5.74) is 3.03. The highest BCUT2D eigenvalue weighted by molar-refractivity contribution is 8.00. The van der Waals surface area contributed by atoms with Gasteiger partial charge in [-0.2, -0.15) is 5.26 Å². The molecule has 2 heterocycles. The number of benzene rings is 1. The third-order valence-corrected chi connectivity index (χ3v) is 6.58. The van der Waals surface area contributed by atoms with Crippen LogP contribution in [0.4, 0.5) is 0 Å². The minimum absolute atomic E-state index is 0.0446. The van der Waals surface area contributed by atoms with Gasteiger partial charge >= 0.3 is 0 Å². The zero-order valence-electron chi connectivity index (χ0n) is 17.2. The summed E-state index contributed by atoms with van der Waals surface area (Å²) in [4.78, 5) is 20.0. The van der Waals surface area contributed by atoms with Crippen molar-refractivity contribution in [1.29, 1.82) is 5.26 Å². The van der Waals surface area contributed by atoms with Crippen molar-refractivity contribution in [3.63, 3.8) is 0 Å². The lowest BCUT2D eigenvalue weighted by Crippen LogP contribution is -2.31. The second kappa shape index (κ2) is 10.3. The lowest BCUT2D eigenvalue weighted by molar-refractivity contribution is -0.127. The van der Waals surface area contributed by atoms with E-state index >= 15 is 0 Å². The smallest absolute Gasteiger partial charge is 0.232 e. The summed E-state index contributed by atoms with van der Waals surface area (Å²) < 4.78 is 5.25. The molecule has 1 aromatic carbocycles. The molecule has 5 nitrogen and oxygen atoms in total. The zero-order chi connectivity index (χ0) is 21.5. The highest BCUT2D eigenvalue weighted by Crippen LogP contribution is 2.36. The average Bonchev–Trinajstić information content (AvgIpc) is 3.32. The summed E-state index contributed by atoms with van der Waals surface area (Å²) in [6.45, 7) is 5.26. The standard InChI is InChI=1S/C23H23N3O2S2/c1-4-26(5-2)22(27)15-30-23-19(14-24)18(21-7-6-12-29-21)13-20(25-23)16-8-10-17(28-3)11-9-16/h6-13H,4-5,15H2,1-3H3. The van der Waals surface area contributed by atoms with Gasteiger partial charge in [-0.3, -0.25) is 4.79 Å². The molecule has 7 heteroatoms. The van der Waals surface area contributed by atoms with Gasteiger partial charge in [0.05, 0.1) is 24.1 Å². The van der Waals surface area contributed by atoms with E-state index < -0.39 is 0 Å². The van der Waals surface area contributed by atoms with E-state index in [4.69, 9.17) is 9.72 Å². The minimum Gasteiger partial charge on any atom is -0.497 e. The first-order chi connectivity index (χ1) is 14.6. The fraction of sp³-hybridized carbons (Fsp3) is 0.261. The summed E-state index contributed by atoms with van der Waals surface area (Å²) in [5.74, 6) is 1.06. The van der Waals surface area contributed by atoms with E-state index in [9.17, 15) is 10.1 Å². The Morgan fingerprint density at radius 3 is 2.53 bits per heavy atom. The number of hydrogen-bond donors (Lipinski definition) is 0. The van der Waals surface area contributed by atoms with Crippen LogP contribution in [0.2, 0.25) is 0 Å². The van der Waals surface area contributed by atoms with Gasteiger partial charge in [-0.15, -0.1) is 11.3 Å². The van der Waals surface area contributed by atoms with Crippen LogP contribution in [0.25, 0.3) is 21.7 Å². The molecule has 154 valence electrons. The van der Waals surface area contributed by atoms with E-state index in [1.54, 1.807) is 23.3 Å². The van der Waals surface area contributed by atoms with E-state index in [1.165, 1.54) is 11.8 Å². The van der Waals surface area contributed by atoms with Crippen molar-refractivity contribution >= 4 is 29.0 Å². The number of carbonyl (C=O) groups is 1. The van der Waals surface area contributed by atoms with Crippen molar-refractivity contribution in [2.75, 3.05) is 26.0 Å². The molecule has 0 aliphatic rings. The van der Waals surface area contributed by atoms with Crippen LogP contribution in [0, 0.1) is 11.3 Å². The number of amides is 1. The molecule has 0 bridgehead atoms. The summed E-state index contributed by atoms with van der Waals surface area (Å²) in [7, 11) is 1.63. The Kier molecular flexibility index (Phi) is 7.50. The van der Waals surface area contributed by atoms with Gasteiger partial charge in [0.2, 0.25) is 5.91 Å². The summed E-state index contributed by atoms with van der Waals surface area (Å²) in [6, 6.07) is 15.9. The highest BCUT2D eigenvalue weighted by Gasteiger charge is 2.18. The van der Waals surface area contributed by atoms with Gasteiger partial charge in [-0.25, -0.2) is 4.98 Å². The number of methoxy groups -OCH3 is 1. The van der Waals surface area contributed by atoms with Gasteiger partial charge in [0.1, 0.15) is 16.8 Å². The second-order valence-electron chi connectivity index (χ2n) is 6.41. The summed E-state index contributed by atoms with van der Waals surface area (Å²) in [5, 5.41) is 12.4. The van der Waals surface area contributed by atoms with Crippen molar-refractivity contribution in [3.05, 3.63) is 53.4 Å². The first-order valence-electron chi connectivity index (χ1n) is 9.65. The second-order valence-corrected chi connectivity index (χ2v) is 8.32. The SMILES string of the molecule is CCN(CC)C(=O)CSc1nc(-c2ccc(OC)cc2)cc(-c2cccs2)c1C#N. The number of nitriles is 1. The molecule has 0 aliphatic heterocycles. The van der Waals surface area contributed by atoms with Gasteiger partial charge in [-0.05, 0) is 55.6 Å². The number of nitrogens with zero attached hydrogens (tertiary/aromatic N) is 3. The summed E-state index contributed by atoms with van der Waals surface area (Å²) in [6.07, 6.45) is 0. The maximum atomic E-state index is 12.5. The van der Waals surface area contributed by atoms with Crippen LogP contribution in [-0.2, 0) is 4.79 Å². The molecule has 1 amide bonds. The van der Waals surface area contributed by atoms with Crippen LogP contribution in [0.15, 0.2) is 52.9 Å². The average molecular weight is 438 g/mol. The Balaban J connectivity index is 2.04. The Labute approximate surface area is 185 Å². The lowest BCUT2D eigenvalue weighted by atomic mass is 10.0. The molecular weight excluding hydrogens is 414 g/mol. The van der Waals surface area contributed by atoms with Gasteiger partial charge in [0.25, 0.3) is 0 Å². The van der Waals surface area contributed by atoms with E-state index in [0.29, 0.717) is 23.7 Å². The molecule has 0 spiro atoms. The molecule has 2 aromatic heterocycles. The predicted octanol–water partition coefficient (Wildman–Crippen LogP) is 5.32. The molecule has 0 radical (unpaired) electrons. The monoisotopic (exact) mass is 437 g/mol. The van der Waals surface area contributed by atoms with Crippen LogP contribution in [0.3, 0.4) is 0 Å². The number of rotatable bonds is 8. The number of thiophene rings is 1. The zero-order valence-corrected chi connectivity index (χ0v) is 18.8. The molecule has 0 fully saturated rings. The van der Waals surface area contributed by atoms with Crippen molar-refractivity contribution in [2.45, 2.75) is 18.9 Å². The number of ether oxygens (including phenoxy) is 1. The third-order valence-electron chi connectivity index (χ3n) is 4.72. The Morgan fingerprint density at radius 1 is 1.23 bits per heavy atom. The molecule has 0 aliphatic carbocycles. The van der Waals surface area contributed by atoms with Crippen LogP contribution in [-0.4, -0.2) is 41.7 Å². The molecule has 0 saturated heterocycles. The van der Waals surface area contributed by atoms with Gasteiger partial charge < -0.3 is 9.64 Å². The minimum atomic E-state index is 0.0446. The van der Waals surface area contributed by atoms with Crippen LogP contribution in [0.5, 0.6) is 5.75 Å². The fourth-order valence-electron chi connectivity index (χ4n) is 3.07. The highest BCUT2D eigenvalue weighted by atomic mass is 32.2. The normalized spacial score (nSPS) is 10.5. The van der Waals surface area contributed by atoms with Crippen LogP contribution < -0.4 is 4.74 Å². The maximum absolute atomic E-state index is 12.5. The summed E-state index contributed by atoms with van der Waals surface area (Å²) >= 11 is 2.90. The number of pyridine rings is 1. The Hall–Kier alpha value is -2.82. The molecule has 3 aromatic rings. The van der Waals surface area contributed by atoms with Gasteiger partial charge in [0, 0.05) is 29.1 Å². The largest absolute Gasteiger partial charge is 0.497 e. The molecule has 3 rings (SSSR count). The molecule has 0 saturated carbocycles. The Bertz CT molecular complexity index is 1040. The molecule has 0 atom stereocenters. The topological polar surface area (TPSA) is 66.2 Å². The van der Waals surface area contributed by atoms with Gasteiger partial charge in [0.15, 0.2) is 0 Å². The van der Waals surface area contributed by atoms with Crippen molar-refractivity contribution < 1.29 is 9.53 Å². The number of thioether (sulfide) groups is 1. The van der Waals surface area contributed by atoms with E-state index in [0.717, 1.165) is 27.4 Å². The van der Waals surface area contributed by atoms with Crippen molar-refractivity contribution in [1.82, 2.24) is 9.88 Å². The fourth-order valence-corrected chi connectivity index (χ4v) is 4.72. The lowest BCUT2D eigenvalue weighted by Gasteiger charge is -2.18. The van der Waals surface area contributed by atoms with Gasteiger partial charge in [-0.1, -0.05) is 17.8 Å². The Morgan fingerprint density at radius 2 is 1.97 bits per heavy atom. The predicted molar refractivity (Wildman–Crippen MR) is 123 cm³/mol. The molecule has 0 unspecified atom stereocenters. The van der Waals surface area contributed by atoms with Crippen LogP contribution in [0.1, 0.15) is 19.4 Å². The third kappa shape index (κ3) is 4.84. The number of carbonyl (C=O) groups excluding carboxylic acids is 1. The van der Waals surface area contributed by atoms with Crippen molar-refractivity contribution in [3.8, 4) is 33.5 Å². The first kappa shape index (κ1) is 21.9. The molecular formula is C23H23N3O2S2.